The molecular weight excluding hydrogens is 356 g/mol. The van der Waals surface area contributed by atoms with Crippen molar-refractivity contribution in [1.29, 1.82) is 0 Å². The summed E-state index contributed by atoms with van der Waals surface area (Å²) >= 11 is 0. The number of rotatable bonds is 6. The van der Waals surface area contributed by atoms with Gasteiger partial charge >= 0.3 is 0 Å². The molecule has 8 nitrogen and oxygen atoms in total. The van der Waals surface area contributed by atoms with Crippen molar-refractivity contribution < 1.29 is 9.53 Å². The summed E-state index contributed by atoms with van der Waals surface area (Å²) in [4.78, 5) is 16.7. The number of anilines is 1. The molecule has 0 aliphatic carbocycles. The topological polar surface area (TPSA) is 97.7 Å². The van der Waals surface area contributed by atoms with E-state index >= 15 is 0 Å². The Kier molecular flexibility index (Phi) is 4.83. The zero-order valence-corrected chi connectivity index (χ0v) is 15.2. The fraction of sp³-hybridized carbons (Fsp3) is 0.100. The molecule has 4 rings (SSSR count). The largest absolute Gasteiger partial charge is 0.497 e. The van der Waals surface area contributed by atoms with Crippen molar-refractivity contribution in [2.45, 2.75) is 6.54 Å². The van der Waals surface area contributed by atoms with Crippen LogP contribution in [0.4, 0.5) is 5.69 Å². The summed E-state index contributed by atoms with van der Waals surface area (Å²) in [5, 5.41) is 13.8. The monoisotopic (exact) mass is 374 g/mol. The van der Waals surface area contributed by atoms with Gasteiger partial charge in [-0.3, -0.25) is 14.6 Å². The van der Waals surface area contributed by atoms with Gasteiger partial charge in [-0.1, -0.05) is 24.3 Å². The Morgan fingerprint density at radius 3 is 2.82 bits per heavy atom. The third kappa shape index (κ3) is 3.90. The van der Waals surface area contributed by atoms with E-state index in [0.717, 1.165) is 16.9 Å². The fourth-order valence-electron chi connectivity index (χ4n) is 2.78. The van der Waals surface area contributed by atoms with Gasteiger partial charge in [0.2, 0.25) is 0 Å². The summed E-state index contributed by atoms with van der Waals surface area (Å²) in [6.07, 6.45) is 4.72. The minimum Gasteiger partial charge on any atom is -0.497 e. The second-order valence-corrected chi connectivity index (χ2v) is 6.14. The average molecular weight is 374 g/mol. The number of hydrogen-bond donors (Lipinski definition) is 2. The van der Waals surface area contributed by atoms with Crippen LogP contribution in [0.2, 0.25) is 0 Å². The Hall–Kier alpha value is -3.94. The van der Waals surface area contributed by atoms with Crippen LogP contribution < -0.4 is 10.1 Å². The number of nitrogens with one attached hydrogen (secondary N) is 2. The Balaban J connectivity index is 1.43. The number of benzene rings is 2. The smallest absolute Gasteiger partial charge is 0.258 e. The molecule has 4 aromatic rings. The van der Waals surface area contributed by atoms with Gasteiger partial charge in [0, 0.05) is 17.4 Å². The molecule has 0 radical (unpaired) electrons. The van der Waals surface area contributed by atoms with Gasteiger partial charge in [-0.05, 0) is 29.8 Å². The number of methoxy groups -OCH3 is 1. The fourth-order valence-corrected chi connectivity index (χ4v) is 2.78. The van der Waals surface area contributed by atoms with Crippen molar-refractivity contribution >= 4 is 11.6 Å². The molecule has 2 aromatic carbocycles. The maximum atomic E-state index is 12.5. The Morgan fingerprint density at radius 1 is 1.21 bits per heavy atom. The van der Waals surface area contributed by atoms with E-state index in [2.05, 4.69) is 25.6 Å². The standard InChI is InChI=1S/C20H18N6O2/c1-28-18-7-5-14(6-8-18)11-26-12-16(10-23-26)20(27)24-17-4-2-3-15(9-17)19-21-13-22-25-19/h2-10,12-13H,11H2,1H3,(H,24,27)(H,21,22,25). The van der Waals surface area contributed by atoms with Crippen LogP contribution in [-0.2, 0) is 6.54 Å². The number of carbonyl (C=O) groups excluding carboxylic acids is 1. The maximum absolute atomic E-state index is 12.5. The lowest BCUT2D eigenvalue weighted by atomic mass is 10.2. The van der Waals surface area contributed by atoms with Gasteiger partial charge in [-0.2, -0.15) is 10.2 Å². The van der Waals surface area contributed by atoms with Crippen molar-refractivity contribution in [3.63, 3.8) is 0 Å². The summed E-state index contributed by atoms with van der Waals surface area (Å²) in [7, 11) is 1.63. The van der Waals surface area contributed by atoms with E-state index < -0.39 is 0 Å². The molecule has 0 bridgehead atoms. The molecule has 1 amide bonds. The van der Waals surface area contributed by atoms with Crippen LogP contribution in [0.3, 0.4) is 0 Å². The predicted octanol–water partition coefficient (Wildman–Crippen LogP) is 2.98. The van der Waals surface area contributed by atoms with E-state index in [4.69, 9.17) is 4.74 Å². The molecule has 28 heavy (non-hydrogen) atoms. The second kappa shape index (κ2) is 7.75. The van der Waals surface area contributed by atoms with E-state index in [0.29, 0.717) is 23.6 Å². The number of H-pyrrole nitrogens is 1. The number of carbonyl (C=O) groups is 1. The highest BCUT2D eigenvalue weighted by molar-refractivity contribution is 6.04. The number of aromatic nitrogens is 5. The Bertz CT molecular complexity index is 1070. The first kappa shape index (κ1) is 17.5. The van der Waals surface area contributed by atoms with Crippen LogP contribution in [0.1, 0.15) is 15.9 Å². The first-order valence-electron chi connectivity index (χ1n) is 8.64. The highest BCUT2D eigenvalue weighted by Crippen LogP contribution is 2.19. The lowest BCUT2D eigenvalue weighted by molar-refractivity contribution is 0.102. The van der Waals surface area contributed by atoms with Gasteiger partial charge < -0.3 is 10.1 Å². The van der Waals surface area contributed by atoms with Crippen molar-refractivity contribution in [3.05, 3.63) is 78.4 Å². The van der Waals surface area contributed by atoms with Gasteiger partial charge in [0.1, 0.15) is 12.1 Å². The summed E-state index contributed by atoms with van der Waals surface area (Å²) in [6, 6.07) is 15.1. The number of nitrogens with zero attached hydrogens (tertiary/aromatic N) is 4. The first-order valence-corrected chi connectivity index (χ1v) is 8.64. The predicted molar refractivity (Wildman–Crippen MR) is 104 cm³/mol. The molecule has 0 spiro atoms. The van der Waals surface area contributed by atoms with Crippen LogP contribution >= 0.6 is 0 Å². The molecular formula is C20H18N6O2. The van der Waals surface area contributed by atoms with Crippen molar-refractivity contribution in [1.82, 2.24) is 25.0 Å². The summed E-state index contributed by atoms with van der Waals surface area (Å²) in [6.45, 7) is 0.568. The van der Waals surface area contributed by atoms with Gasteiger partial charge in [0.25, 0.3) is 5.91 Å². The zero-order valence-electron chi connectivity index (χ0n) is 15.2. The zero-order chi connectivity index (χ0) is 19.3. The summed E-state index contributed by atoms with van der Waals surface area (Å²) in [5.41, 5.74) is 3.06. The average Bonchev–Trinajstić information content (AvgIpc) is 3.41. The molecule has 8 heteroatoms. The molecule has 0 fully saturated rings. The molecule has 140 valence electrons. The van der Waals surface area contributed by atoms with Crippen molar-refractivity contribution in [3.8, 4) is 17.1 Å². The highest BCUT2D eigenvalue weighted by atomic mass is 16.5. The van der Waals surface area contributed by atoms with Crippen LogP contribution in [0.15, 0.2) is 67.3 Å². The normalized spacial score (nSPS) is 10.6. The van der Waals surface area contributed by atoms with E-state index in [1.807, 2.05) is 48.5 Å². The minimum absolute atomic E-state index is 0.226. The van der Waals surface area contributed by atoms with Crippen LogP contribution in [0.5, 0.6) is 5.75 Å². The molecule has 2 aromatic heterocycles. The van der Waals surface area contributed by atoms with Gasteiger partial charge in [-0.25, -0.2) is 4.98 Å². The minimum atomic E-state index is -0.226. The van der Waals surface area contributed by atoms with E-state index in [1.165, 1.54) is 6.33 Å². The lowest BCUT2D eigenvalue weighted by Crippen LogP contribution is -2.11. The van der Waals surface area contributed by atoms with Crippen LogP contribution in [0, 0.1) is 0 Å². The van der Waals surface area contributed by atoms with Gasteiger partial charge in [0.15, 0.2) is 5.82 Å². The quantitative estimate of drug-likeness (QED) is 0.541. The van der Waals surface area contributed by atoms with Gasteiger partial charge in [-0.15, -0.1) is 0 Å². The molecule has 0 aliphatic heterocycles. The number of amides is 1. The molecule has 0 atom stereocenters. The SMILES string of the molecule is COc1ccc(Cn2cc(C(=O)Nc3cccc(-c4ncn[nH]4)c3)cn2)cc1. The molecule has 0 saturated heterocycles. The maximum Gasteiger partial charge on any atom is 0.258 e. The van der Waals surface area contributed by atoms with Crippen molar-refractivity contribution in [2.24, 2.45) is 0 Å². The Labute approximate surface area is 161 Å². The third-order valence-electron chi connectivity index (χ3n) is 4.21. The molecule has 2 N–H and O–H groups in total. The number of aromatic amines is 1. The molecule has 2 heterocycles. The molecule has 0 saturated carbocycles. The van der Waals surface area contributed by atoms with E-state index in [-0.39, 0.29) is 5.91 Å². The third-order valence-corrected chi connectivity index (χ3v) is 4.21. The highest BCUT2D eigenvalue weighted by Gasteiger charge is 2.10. The second-order valence-electron chi connectivity index (χ2n) is 6.14. The molecule has 0 aliphatic rings. The number of ether oxygens (including phenoxy) is 1. The van der Waals surface area contributed by atoms with E-state index in [9.17, 15) is 4.79 Å². The van der Waals surface area contributed by atoms with Crippen molar-refractivity contribution in [2.75, 3.05) is 12.4 Å². The van der Waals surface area contributed by atoms with Crippen LogP contribution in [0.25, 0.3) is 11.4 Å². The lowest BCUT2D eigenvalue weighted by Gasteiger charge is -2.05. The van der Waals surface area contributed by atoms with Gasteiger partial charge in [0.05, 0.1) is 25.4 Å². The number of hydrogen-bond acceptors (Lipinski definition) is 5. The summed E-state index contributed by atoms with van der Waals surface area (Å²) in [5.74, 6) is 1.22. The van der Waals surface area contributed by atoms with E-state index in [1.54, 1.807) is 24.2 Å². The Morgan fingerprint density at radius 2 is 2.07 bits per heavy atom. The van der Waals surface area contributed by atoms with Crippen LogP contribution in [-0.4, -0.2) is 38.0 Å². The summed E-state index contributed by atoms with van der Waals surface area (Å²) < 4.78 is 6.88. The molecule has 0 unspecified atom stereocenters. The first-order chi connectivity index (χ1) is 13.7.